The van der Waals surface area contributed by atoms with Gasteiger partial charge in [-0.15, -0.1) is 0 Å². The van der Waals surface area contributed by atoms with E-state index in [1.807, 2.05) is 66.7 Å². The average molecular weight is 475 g/mol. The second kappa shape index (κ2) is 8.69. The van der Waals surface area contributed by atoms with Crippen molar-refractivity contribution < 1.29 is 13.2 Å². The zero-order valence-corrected chi connectivity index (χ0v) is 19.3. The molecule has 0 fully saturated rings. The van der Waals surface area contributed by atoms with Crippen molar-refractivity contribution >= 4 is 21.5 Å². The molecule has 3 heteroatoms. The molecule has 0 aliphatic heterocycles. The van der Waals surface area contributed by atoms with Crippen LogP contribution in [-0.2, 0) is 6.18 Å². The van der Waals surface area contributed by atoms with E-state index >= 15 is 0 Å². The van der Waals surface area contributed by atoms with Gasteiger partial charge in [-0.2, -0.15) is 13.2 Å². The van der Waals surface area contributed by atoms with Gasteiger partial charge in [0.1, 0.15) is 0 Å². The van der Waals surface area contributed by atoms with Gasteiger partial charge in [0.2, 0.25) is 0 Å². The molecule has 0 radical (unpaired) electrons. The van der Waals surface area contributed by atoms with Gasteiger partial charge in [0.25, 0.3) is 0 Å². The highest BCUT2D eigenvalue weighted by Gasteiger charge is 2.30. The maximum absolute atomic E-state index is 13.4. The number of hydrogen-bond donors (Lipinski definition) is 0. The van der Waals surface area contributed by atoms with Gasteiger partial charge >= 0.3 is 6.18 Å². The van der Waals surface area contributed by atoms with Crippen molar-refractivity contribution in [2.24, 2.45) is 0 Å². The highest BCUT2D eigenvalue weighted by molar-refractivity contribution is 6.21. The van der Waals surface area contributed by atoms with Crippen LogP contribution in [0.3, 0.4) is 0 Å². The first kappa shape index (κ1) is 22.1. The summed E-state index contributed by atoms with van der Waals surface area (Å²) in [5.74, 6) is 0. The minimum atomic E-state index is -4.39. The van der Waals surface area contributed by atoms with Crippen LogP contribution < -0.4 is 0 Å². The molecule has 36 heavy (non-hydrogen) atoms. The van der Waals surface area contributed by atoms with Gasteiger partial charge in [-0.1, -0.05) is 109 Å². The van der Waals surface area contributed by atoms with E-state index < -0.39 is 11.7 Å². The summed E-state index contributed by atoms with van der Waals surface area (Å²) in [5.41, 5.74) is 5.02. The van der Waals surface area contributed by atoms with E-state index in [1.165, 1.54) is 12.1 Å². The summed E-state index contributed by atoms with van der Waals surface area (Å²) >= 11 is 0. The Morgan fingerprint density at radius 3 is 1.42 bits per heavy atom. The summed E-state index contributed by atoms with van der Waals surface area (Å²) in [6, 6.07) is 40.3. The van der Waals surface area contributed by atoms with E-state index in [-0.39, 0.29) is 0 Å². The number of fused-ring (bicyclic) bond motifs is 2. The number of rotatable bonds is 3. The molecule has 0 unspecified atom stereocenters. The molecule has 0 N–H and O–H groups in total. The SMILES string of the molecule is FC(F)(F)c1cccc(-c2ccc3c(-c4ccccc4)c4ccccc4c(-c4ccccc4)c3c2)c1. The van der Waals surface area contributed by atoms with Crippen LogP contribution in [0.15, 0.2) is 127 Å². The minimum Gasteiger partial charge on any atom is -0.166 e. The first-order valence-electron chi connectivity index (χ1n) is 11.8. The second-order valence-electron chi connectivity index (χ2n) is 8.87. The molecule has 0 amide bonds. The predicted molar refractivity (Wildman–Crippen MR) is 143 cm³/mol. The molecule has 6 aromatic carbocycles. The Morgan fingerprint density at radius 2 is 0.833 bits per heavy atom. The lowest BCUT2D eigenvalue weighted by Crippen LogP contribution is -2.04. The summed E-state index contributed by atoms with van der Waals surface area (Å²) in [5, 5.41) is 4.32. The second-order valence-corrected chi connectivity index (χ2v) is 8.87. The maximum atomic E-state index is 13.4. The summed E-state index contributed by atoms with van der Waals surface area (Å²) < 4.78 is 40.3. The predicted octanol–water partition coefficient (Wildman–Crippen LogP) is 10.0. The van der Waals surface area contributed by atoms with E-state index in [1.54, 1.807) is 6.07 Å². The topological polar surface area (TPSA) is 0 Å². The summed E-state index contributed by atoms with van der Waals surface area (Å²) in [6.07, 6.45) is -4.39. The molecule has 0 aliphatic carbocycles. The summed E-state index contributed by atoms with van der Waals surface area (Å²) in [7, 11) is 0. The molecule has 6 rings (SSSR count). The van der Waals surface area contributed by atoms with Crippen LogP contribution in [0, 0.1) is 0 Å². The van der Waals surface area contributed by atoms with Crippen LogP contribution in [-0.4, -0.2) is 0 Å². The molecule has 0 saturated heterocycles. The lowest BCUT2D eigenvalue weighted by molar-refractivity contribution is -0.137. The molecular formula is C33H21F3. The molecule has 0 aliphatic rings. The standard InChI is InChI=1S/C33H21F3/c34-33(35,36)26-15-9-14-24(20-26)25-18-19-29-30(21-25)32(23-12-5-2-6-13-23)28-17-8-7-16-27(28)31(29)22-10-3-1-4-11-22/h1-21H. The maximum Gasteiger partial charge on any atom is 0.416 e. The molecule has 0 nitrogen and oxygen atoms in total. The van der Waals surface area contributed by atoms with Crippen LogP contribution in [0.5, 0.6) is 0 Å². The van der Waals surface area contributed by atoms with E-state index in [2.05, 4.69) is 36.4 Å². The molecule has 0 aromatic heterocycles. The van der Waals surface area contributed by atoms with Crippen molar-refractivity contribution in [1.82, 2.24) is 0 Å². The Morgan fingerprint density at radius 1 is 0.361 bits per heavy atom. The van der Waals surface area contributed by atoms with Gasteiger partial charge in [0.05, 0.1) is 5.56 Å². The number of benzene rings is 6. The molecule has 174 valence electrons. The Bertz CT molecular complexity index is 1700. The van der Waals surface area contributed by atoms with Crippen molar-refractivity contribution in [3.05, 3.63) is 133 Å². The van der Waals surface area contributed by atoms with Crippen LogP contribution in [0.25, 0.3) is 54.9 Å². The van der Waals surface area contributed by atoms with Crippen LogP contribution in [0.1, 0.15) is 5.56 Å². The van der Waals surface area contributed by atoms with E-state index in [0.29, 0.717) is 5.56 Å². The fourth-order valence-electron chi connectivity index (χ4n) is 5.06. The molecular weight excluding hydrogens is 453 g/mol. The Hall–Kier alpha value is -4.37. The van der Waals surface area contributed by atoms with E-state index in [9.17, 15) is 13.2 Å². The summed E-state index contributed by atoms with van der Waals surface area (Å²) in [4.78, 5) is 0. The normalized spacial score (nSPS) is 11.8. The van der Waals surface area contributed by atoms with Gasteiger partial charge in [-0.3, -0.25) is 0 Å². The van der Waals surface area contributed by atoms with E-state index in [4.69, 9.17) is 0 Å². The minimum absolute atomic E-state index is 0.542. The molecule has 6 aromatic rings. The third kappa shape index (κ3) is 3.83. The first-order valence-corrected chi connectivity index (χ1v) is 11.8. The summed E-state index contributed by atoms with van der Waals surface area (Å²) in [6.45, 7) is 0. The quantitative estimate of drug-likeness (QED) is 0.224. The first-order chi connectivity index (χ1) is 17.5. The third-order valence-corrected chi connectivity index (χ3v) is 6.67. The van der Waals surface area contributed by atoms with Crippen molar-refractivity contribution in [2.45, 2.75) is 6.18 Å². The monoisotopic (exact) mass is 474 g/mol. The Labute approximate surface area is 207 Å². The highest BCUT2D eigenvalue weighted by Crippen LogP contribution is 2.44. The Kier molecular flexibility index (Phi) is 5.34. The van der Waals surface area contributed by atoms with Gasteiger partial charge in [-0.05, 0) is 73.1 Å². The zero-order chi connectivity index (χ0) is 24.7. The third-order valence-electron chi connectivity index (χ3n) is 6.67. The van der Waals surface area contributed by atoms with Gasteiger partial charge in [0, 0.05) is 0 Å². The molecule has 0 spiro atoms. The van der Waals surface area contributed by atoms with Crippen molar-refractivity contribution in [2.75, 3.05) is 0 Å². The van der Waals surface area contributed by atoms with Crippen LogP contribution in [0.2, 0.25) is 0 Å². The van der Waals surface area contributed by atoms with Crippen molar-refractivity contribution in [3.63, 3.8) is 0 Å². The largest absolute Gasteiger partial charge is 0.416 e. The average Bonchev–Trinajstić information content (AvgIpc) is 2.92. The van der Waals surface area contributed by atoms with Gasteiger partial charge in [-0.25, -0.2) is 0 Å². The van der Waals surface area contributed by atoms with Crippen molar-refractivity contribution in [1.29, 1.82) is 0 Å². The molecule has 0 atom stereocenters. The van der Waals surface area contributed by atoms with E-state index in [0.717, 1.165) is 55.4 Å². The molecule has 0 saturated carbocycles. The smallest absolute Gasteiger partial charge is 0.166 e. The molecule has 0 heterocycles. The zero-order valence-electron chi connectivity index (χ0n) is 19.3. The van der Waals surface area contributed by atoms with Crippen molar-refractivity contribution in [3.8, 4) is 33.4 Å². The number of alkyl halides is 3. The van der Waals surface area contributed by atoms with Gasteiger partial charge in [0.15, 0.2) is 0 Å². The number of halogens is 3. The lowest BCUT2D eigenvalue weighted by atomic mass is 9.85. The van der Waals surface area contributed by atoms with Crippen LogP contribution in [0.4, 0.5) is 13.2 Å². The van der Waals surface area contributed by atoms with Gasteiger partial charge < -0.3 is 0 Å². The highest BCUT2D eigenvalue weighted by atomic mass is 19.4. The number of hydrogen-bond acceptors (Lipinski definition) is 0. The fourth-order valence-corrected chi connectivity index (χ4v) is 5.06. The molecule has 0 bridgehead atoms. The lowest BCUT2D eigenvalue weighted by Gasteiger charge is -2.19. The Balaban J connectivity index is 1.73. The van der Waals surface area contributed by atoms with Crippen LogP contribution >= 0.6 is 0 Å². The fraction of sp³-hybridized carbons (Fsp3) is 0.0303.